The van der Waals surface area contributed by atoms with Gasteiger partial charge < -0.3 is 9.47 Å². The lowest BCUT2D eigenvalue weighted by molar-refractivity contribution is -0.147. The molecule has 6 nitrogen and oxygen atoms in total. The Morgan fingerprint density at radius 1 is 1.17 bits per heavy atom. The number of ether oxygens (including phenoxy) is 2. The van der Waals surface area contributed by atoms with Crippen LogP contribution in [-0.4, -0.2) is 29.5 Å². The predicted octanol–water partition coefficient (Wildman–Crippen LogP) is 4.94. The zero-order valence-electron chi connectivity index (χ0n) is 16.0. The Morgan fingerprint density at radius 3 is 2.52 bits per heavy atom. The Balaban J connectivity index is 1.62. The Kier molecular flexibility index (Phi) is 7.04. The van der Waals surface area contributed by atoms with Crippen molar-refractivity contribution in [3.8, 4) is 0 Å². The molecular weight excluding hydrogens is 438 g/mol. The van der Waals surface area contributed by atoms with E-state index in [0.29, 0.717) is 12.8 Å². The number of carbonyl (C=O) groups is 3. The van der Waals surface area contributed by atoms with E-state index >= 15 is 0 Å². The van der Waals surface area contributed by atoms with E-state index in [2.05, 4.69) is 15.9 Å². The summed E-state index contributed by atoms with van der Waals surface area (Å²) in [5.41, 5.74) is 1.72. The molecule has 1 heterocycles. The van der Waals surface area contributed by atoms with Gasteiger partial charge in [-0.1, -0.05) is 58.4 Å². The molecule has 0 radical (unpaired) electrons. The number of imide groups is 1. The molecular formula is C22H22BrNO5. The molecule has 0 aliphatic carbocycles. The molecule has 0 spiro atoms. The lowest BCUT2D eigenvalue weighted by atomic mass is 10.0. The van der Waals surface area contributed by atoms with E-state index in [1.165, 1.54) is 11.8 Å². The Hall–Kier alpha value is -2.67. The van der Waals surface area contributed by atoms with Gasteiger partial charge in [-0.3, -0.25) is 9.59 Å². The summed E-state index contributed by atoms with van der Waals surface area (Å²) in [5.74, 6) is -0.671. The van der Waals surface area contributed by atoms with Gasteiger partial charge in [0.05, 0.1) is 0 Å². The van der Waals surface area contributed by atoms with Gasteiger partial charge in [-0.15, -0.1) is 0 Å². The maximum atomic E-state index is 12.7. The van der Waals surface area contributed by atoms with Gasteiger partial charge in [-0.2, -0.15) is 0 Å². The van der Waals surface area contributed by atoms with E-state index in [1.54, 1.807) is 0 Å². The smallest absolute Gasteiger partial charge is 0.417 e. The highest BCUT2D eigenvalue weighted by molar-refractivity contribution is 9.10. The van der Waals surface area contributed by atoms with E-state index in [1.807, 2.05) is 54.6 Å². The molecule has 0 bridgehead atoms. The normalized spacial score (nSPS) is 17.0. The summed E-state index contributed by atoms with van der Waals surface area (Å²) in [5, 5.41) is 0. The van der Waals surface area contributed by atoms with Crippen molar-refractivity contribution in [3.05, 3.63) is 70.2 Å². The van der Waals surface area contributed by atoms with Crippen molar-refractivity contribution in [2.24, 2.45) is 0 Å². The van der Waals surface area contributed by atoms with Crippen molar-refractivity contribution in [2.75, 3.05) is 6.61 Å². The van der Waals surface area contributed by atoms with E-state index in [0.717, 1.165) is 15.6 Å². The number of rotatable bonds is 7. The molecule has 2 aromatic carbocycles. The molecule has 2 amide bonds. The molecule has 0 saturated carbocycles. The van der Waals surface area contributed by atoms with Crippen LogP contribution in [0.1, 0.15) is 49.5 Å². The fourth-order valence-electron chi connectivity index (χ4n) is 3.35. The van der Waals surface area contributed by atoms with Crippen LogP contribution in [0.15, 0.2) is 59.1 Å². The van der Waals surface area contributed by atoms with Gasteiger partial charge in [-0.05, 0) is 36.1 Å². The van der Waals surface area contributed by atoms with Gasteiger partial charge in [0.1, 0.15) is 18.8 Å². The summed E-state index contributed by atoms with van der Waals surface area (Å²) in [6.45, 7) is 1.52. The van der Waals surface area contributed by atoms with Gasteiger partial charge in [0.25, 0.3) is 0 Å². The van der Waals surface area contributed by atoms with E-state index in [-0.39, 0.29) is 24.9 Å². The molecule has 1 fully saturated rings. The second-order valence-electron chi connectivity index (χ2n) is 6.81. The fraction of sp³-hybridized carbons (Fsp3) is 0.318. The molecule has 152 valence electrons. The lowest BCUT2D eigenvalue weighted by Crippen LogP contribution is -2.34. The summed E-state index contributed by atoms with van der Waals surface area (Å²) in [6.07, 6.45) is 0.0496. The fourth-order valence-corrected chi connectivity index (χ4v) is 3.61. The van der Waals surface area contributed by atoms with E-state index < -0.39 is 18.2 Å². The highest BCUT2D eigenvalue weighted by Gasteiger charge is 2.38. The molecule has 3 rings (SSSR count). The molecule has 2 atom stereocenters. The van der Waals surface area contributed by atoms with Crippen molar-refractivity contribution in [1.82, 2.24) is 4.90 Å². The minimum atomic E-state index is -0.617. The van der Waals surface area contributed by atoms with Crippen LogP contribution in [0.5, 0.6) is 0 Å². The van der Waals surface area contributed by atoms with Crippen molar-refractivity contribution in [3.63, 3.8) is 0 Å². The molecule has 0 N–H and O–H groups in total. The van der Waals surface area contributed by atoms with Gasteiger partial charge in [-0.25, -0.2) is 9.69 Å². The second kappa shape index (κ2) is 9.69. The zero-order chi connectivity index (χ0) is 20.8. The van der Waals surface area contributed by atoms with Gasteiger partial charge in [0, 0.05) is 17.8 Å². The summed E-state index contributed by atoms with van der Waals surface area (Å²) >= 11 is 3.38. The average molecular weight is 460 g/mol. The standard InChI is InChI=1S/C22H22BrNO5/c1-15(25)29-20(17-10-12-18(23)13-11-17)8-5-9-21(26)24-19(14-28-22(24)27)16-6-3-2-4-7-16/h2-4,6-7,10-13,19-20H,5,8-9,14H2,1H3/t19-,20+/m1/s1. The SMILES string of the molecule is CC(=O)O[C@@H](CCCC(=O)N1C(=O)OC[C@@H]1c1ccccc1)c1ccc(Br)cc1. The first-order valence-electron chi connectivity index (χ1n) is 9.42. The Morgan fingerprint density at radius 2 is 1.86 bits per heavy atom. The molecule has 0 unspecified atom stereocenters. The zero-order valence-corrected chi connectivity index (χ0v) is 17.6. The summed E-state index contributed by atoms with van der Waals surface area (Å²) < 4.78 is 11.5. The van der Waals surface area contributed by atoms with Crippen LogP contribution in [0.2, 0.25) is 0 Å². The van der Waals surface area contributed by atoms with Crippen molar-refractivity contribution < 1.29 is 23.9 Å². The van der Waals surface area contributed by atoms with Gasteiger partial charge in [0.2, 0.25) is 5.91 Å². The van der Waals surface area contributed by atoms with Crippen LogP contribution in [0, 0.1) is 0 Å². The maximum Gasteiger partial charge on any atom is 0.417 e. The summed E-state index contributed by atoms with van der Waals surface area (Å²) in [7, 11) is 0. The molecule has 0 aromatic heterocycles. The molecule has 1 aliphatic heterocycles. The number of esters is 1. The third-order valence-electron chi connectivity index (χ3n) is 4.73. The van der Waals surface area contributed by atoms with Crippen molar-refractivity contribution in [2.45, 2.75) is 38.3 Å². The van der Waals surface area contributed by atoms with Gasteiger partial charge >= 0.3 is 12.1 Å². The molecule has 1 saturated heterocycles. The number of cyclic esters (lactones) is 1. The number of amides is 2. The number of halogens is 1. The molecule has 29 heavy (non-hydrogen) atoms. The first-order chi connectivity index (χ1) is 14.0. The molecule has 7 heteroatoms. The highest BCUT2D eigenvalue weighted by atomic mass is 79.9. The van der Waals surface area contributed by atoms with Crippen molar-refractivity contribution >= 4 is 33.9 Å². The third kappa shape index (κ3) is 5.44. The second-order valence-corrected chi connectivity index (χ2v) is 7.72. The minimum Gasteiger partial charge on any atom is -0.458 e. The van der Waals surface area contributed by atoms with Crippen molar-refractivity contribution in [1.29, 1.82) is 0 Å². The van der Waals surface area contributed by atoms with Crippen LogP contribution >= 0.6 is 15.9 Å². The Labute approximate surface area is 177 Å². The number of carbonyl (C=O) groups excluding carboxylic acids is 3. The lowest BCUT2D eigenvalue weighted by Gasteiger charge is -2.21. The predicted molar refractivity (Wildman–Crippen MR) is 110 cm³/mol. The average Bonchev–Trinajstić information content (AvgIpc) is 3.09. The molecule has 1 aliphatic rings. The number of benzene rings is 2. The maximum absolute atomic E-state index is 12.7. The highest BCUT2D eigenvalue weighted by Crippen LogP contribution is 2.30. The van der Waals surface area contributed by atoms with Crippen LogP contribution in [-0.2, 0) is 19.1 Å². The summed E-state index contributed by atoms with van der Waals surface area (Å²) in [4.78, 5) is 37.5. The quantitative estimate of drug-likeness (QED) is 0.547. The monoisotopic (exact) mass is 459 g/mol. The van der Waals surface area contributed by atoms with E-state index in [9.17, 15) is 14.4 Å². The number of hydrogen-bond donors (Lipinski definition) is 0. The number of hydrogen-bond acceptors (Lipinski definition) is 5. The summed E-state index contributed by atoms with van der Waals surface area (Å²) in [6, 6.07) is 16.5. The first-order valence-corrected chi connectivity index (χ1v) is 10.2. The largest absolute Gasteiger partial charge is 0.458 e. The first kappa shape index (κ1) is 21.0. The van der Waals surface area contributed by atoms with E-state index in [4.69, 9.17) is 9.47 Å². The number of nitrogens with zero attached hydrogens (tertiary/aromatic N) is 1. The Bertz CT molecular complexity index is 869. The molecule has 2 aromatic rings. The third-order valence-corrected chi connectivity index (χ3v) is 5.26. The van der Waals surface area contributed by atoms with Crippen LogP contribution < -0.4 is 0 Å². The van der Waals surface area contributed by atoms with Crippen LogP contribution in [0.3, 0.4) is 0 Å². The van der Waals surface area contributed by atoms with Crippen LogP contribution in [0.4, 0.5) is 4.79 Å². The van der Waals surface area contributed by atoms with Crippen LogP contribution in [0.25, 0.3) is 0 Å². The minimum absolute atomic E-state index is 0.156. The topological polar surface area (TPSA) is 72.9 Å². The van der Waals surface area contributed by atoms with Gasteiger partial charge in [0.15, 0.2) is 0 Å².